The fourth-order valence-electron chi connectivity index (χ4n) is 2.99. The van der Waals surface area contributed by atoms with Crippen molar-refractivity contribution in [2.45, 2.75) is 24.2 Å². The molecule has 2 aromatic rings. The summed E-state index contributed by atoms with van der Waals surface area (Å²) in [5.41, 5.74) is -3.91. The number of hydrogen-bond acceptors (Lipinski definition) is 4. The zero-order valence-corrected chi connectivity index (χ0v) is 14.5. The van der Waals surface area contributed by atoms with Gasteiger partial charge in [-0.25, -0.2) is 4.39 Å². The molecule has 8 heteroatoms. The molecule has 2 atom stereocenters. The van der Waals surface area contributed by atoms with Crippen LogP contribution in [-0.4, -0.2) is 27.7 Å². The Labute approximate surface area is 153 Å². The molecule has 0 radical (unpaired) electrons. The SMILES string of the molecule is O=C(NCc1ccc(Cl)cc1Cl)C1(F)CC(O)(CO)c2ncccc21. The van der Waals surface area contributed by atoms with E-state index in [1.54, 1.807) is 12.1 Å². The molecule has 0 saturated heterocycles. The highest BCUT2D eigenvalue weighted by Crippen LogP contribution is 2.48. The number of aliphatic hydroxyl groups excluding tert-OH is 1. The van der Waals surface area contributed by atoms with Crippen LogP contribution in [0.4, 0.5) is 4.39 Å². The van der Waals surface area contributed by atoms with E-state index < -0.39 is 30.2 Å². The van der Waals surface area contributed by atoms with Crippen LogP contribution in [0.5, 0.6) is 0 Å². The summed E-state index contributed by atoms with van der Waals surface area (Å²) in [7, 11) is 0. The molecule has 1 aromatic heterocycles. The van der Waals surface area contributed by atoms with Crippen LogP contribution in [0.15, 0.2) is 36.5 Å². The summed E-state index contributed by atoms with van der Waals surface area (Å²) in [5, 5.41) is 23.1. The van der Waals surface area contributed by atoms with E-state index in [0.717, 1.165) is 0 Å². The van der Waals surface area contributed by atoms with Gasteiger partial charge in [0, 0.05) is 34.8 Å². The number of pyridine rings is 1. The van der Waals surface area contributed by atoms with Crippen molar-refractivity contribution in [1.82, 2.24) is 10.3 Å². The Kier molecular flexibility index (Phi) is 4.72. The maximum atomic E-state index is 15.5. The number of aromatic nitrogens is 1. The monoisotopic (exact) mass is 384 g/mol. The molecule has 0 fully saturated rings. The van der Waals surface area contributed by atoms with Gasteiger partial charge in [-0.05, 0) is 23.8 Å². The van der Waals surface area contributed by atoms with Gasteiger partial charge in [0.2, 0.25) is 5.67 Å². The number of amides is 1. The molecule has 3 N–H and O–H groups in total. The van der Waals surface area contributed by atoms with Crippen molar-refractivity contribution in [3.8, 4) is 0 Å². The molecule has 0 aliphatic heterocycles. The van der Waals surface area contributed by atoms with Crippen LogP contribution in [0, 0.1) is 0 Å². The number of hydrogen-bond donors (Lipinski definition) is 3. The molecule has 1 aliphatic carbocycles. The van der Waals surface area contributed by atoms with E-state index in [1.807, 2.05) is 0 Å². The van der Waals surface area contributed by atoms with E-state index in [0.29, 0.717) is 15.6 Å². The van der Waals surface area contributed by atoms with E-state index in [4.69, 9.17) is 23.2 Å². The van der Waals surface area contributed by atoms with Crippen LogP contribution in [-0.2, 0) is 22.6 Å². The zero-order chi connectivity index (χ0) is 18.2. The van der Waals surface area contributed by atoms with Crippen molar-refractivity contribution < 1.29 is 19.4 Å². The highest BCUT2D eigenvalue weighted by atomic mass is 35.5. The van der Waals surface area contributed by atoms with Crippen LogP contribution >= 0.6 is 23.2 Å². The first-order valence-corrected chi connectivity index (χ1v) is 8.26. The molecule has 1 amide bonds. The van der Waals surface area contributed by atoms with Gasteiger partial charge >= 0.3 is 0 Å². The standard InChI is InChI=1S/C17H15Cl2FN2O3/c18-11-4-3-10(13(19)6-11)7-22-15(24)17(20)8-16(25,9-23)14-12(17)2-1-5-21-14/h1-6,23,25H,7-9H2,(H,22,24). The van der Waals surface area contributed by atoms with E-state index in [1.165, 1.54) is 24.4 Å². The predicted molar refractivity (Wildman–Crippen MR) is 90.9 cm³/mol. The number of rotatable bonds is 4. The van der Waals surface area contributed by atoms with Crippen molar-refractivity contribution in [3.63, 3.8) is 0 Å². The summed E-state index contributed by atoms with van der Waals surface area (Å²) in [6.45, 7) is -0.743. The van der Waals surface area contributed by atoms with Crippen molar-refractivity contribution in [3.05, 3.63) is 63.4 Å². The first kappa shape index (κ1) is 18.1. The average molecular weight is 385 g/mol. The van der Waals surface area contributed by atoms with Crippen molar-refractivity contribution in [2.24, 2.45) is 0 Å². The Hall–Kier alpha value is -1.73. The largest absolute Gasteiger partial charge is 0.393 e. The number of fused-ring (bicyclic) bond motifs is 1. The summed E-state index contributed by atoms with van der Waals surface area (Å²) in [6, 6.07) is 7.61. The lowest BCUT2D eigenvalue weighted by Crippen LogP contribution is -2.41. The lowest BCUT2D eigenvalue weighted by molar-refractivity contribution is -0.138. The van der Waals surface area contributed by atoms with Gasteiger partial charge in [0.15, 0.2) is 0 Å². The number of carbonyl (C=O) groups is 1. The molecule has 0 saturated carbocycles. The number of alkyl halides is 1. The predicted octanol–water partition coefficient (Wildman–Crippen LogP) is 2.45. The Morgan fingerprint density at radius 3 is 2.80 bits per heavy atom. The van der Waals surface area contributed by atoms with Crippen LogP contribution in [0.1, 0.15) is 23.2 Å². The summed E-state index contributed by atoms with van der Waals surface area (Å²) >= 11 is 11.9. The van der Waals surface area contributed by atoms with Crippen LogP contribution in [0.2, 0.25) is 10.0 Å². The van der Waals surface area contributed by atoms with Gasteiger partial charge in [-0.15, -0.1) is 0 Å². The molecule has 0 spiro atoms. The topological polar surface area (TPSA) is 82.5 Å². The fourth-order valence-corrected chi connectivity index (χ4v) is 3.47. The smallest absolute Gasteiger partial charge is 0.262 e. The quantitative estimate of drug-likeness (QED) is 0.755. The van der Waals surface area contributed by atoms with Crippen molar-refractivity contribution in [2.75, 3.05) is 6.61 Å². The minimum absolute atomic E-state index is 0.00630. The molecule has 1 aromatic carbocycles. The minimum atomic E-state index is -2.50. The molecule has 1 aliphatic rings. The van der Waals surface area contributed by atoms with E-state index in [2.05, 4.69) is 10.3 Å². The third-order valence-electron chi connectivity index (χ3n) is 4.29. The van der Waals surface area contributed by atoms with Gasteiger partial charge in [-0.1, -0.05) is 35.3 Å². The summed E-state index contributed by atoms with van der Waals surface area (Å²) in [6.07, 6.45) is 0.764. The molecule has 1 heterocycles. The van der Waals surface area contributed by atoms with Gasteiger partial charge in [0.1, 0.15) is 5.60 Å². The average Bonchev–Trinajstić information content (AvgIpc) is 2.84. The van der Waals surface area contributed by atoms with E-state index in [9.17, 15) is 15.0 Å². The van der Waals surface area contributed by atoms with Gasteiger partial charge in [0.05, 0.1) is 12.3 Å². The molecule has 0 bridgehead atoms. The summed E-state index contributed by atoms with van der Waals surface area (Å²) in [4.78, 5) is 16.4. The van der Waals surface area contributed by atoms with Crippen molar-refractivity contribution >= 4 is 29.1 Å². The first-order chi connectivity index (χ1) is 11.8. The number of carbonyl (C=O) groups excluding carboxylic acids is 1. The second kappa shape index (κ2) is 6.53. The van der Waals surface area contributed by atoms with Gasteiger partial charge < -0.3 is 15.5 Å². The molecule has 5 nitrogen and oxygen atoms in total. The number of aliphatic hydroxyl groups is 2. The van der Waals surface area contributed by atoms with Crippen LogP contribution < -0.4 is 5.32 Å². The second-order valence-electron chi connectivity index (χ2n) is 5.99. The maximum Gasteiger partial charge on any atom is 0.262 e. The number of benzene rings is 1. The highest BCUT2D eigenvalue weighted by molar-refractivity contribution is 6.35. The summed E-state index contributed by atoms with van der Waals surface area (Å²) in [5.74, 6) is -0.933. The highest BCUT2D eigenvalue weighted by Gasteiger charge is 2.57. The Morgan fingerprint density at radius 1 is 1.36 bits per heavy atom. The Bertz CT molecular complexity index is 835. The third-order valence-corrected chi connectivity index (χ3v) is 4.87. The minimum Gasteiger partial charge on any atom is -0.393 e. The Morgan fingerprint density at radius 2 is 2.12 bits per heavy atom. The maximum absolute atomic E-state index is 15.5. The third kappa shape index (κ3) is 3.11. The van der Waals surface area contributed by atoms with Gasteiger partial charge in [0.25, 0.3) is 5.91 Å². The lowest BCUT2D eigenvalue weighted by Gasteiger charge is -2.23. The molecular formula is C17H15Cl2FN2O3. The number of nitrogens with zero attached hydrogens (tertiary/aromatic N) is 1. The Balaban J connectivity index is 1.84. The van der Waals surface area contributed by atoms with E-state index in [-0.39, 0.29) is 17.8 Å². The van der Waals surface area contributed by atoms with Gasteiger partial charge in [-0.2, -0.15) is 0 Å². The van der Waals surface area contributed by atoms with Crippen LogP contribution in [0.25, 0.3) is 0 Å². The molecule has 132 valence electrons. The second-order valence-corrected chi connectivity index (χ2v) is 6.83. The zero-order valence-electron chi connectivity index (χ0n) is 13.0. The first-order valence-electron chi connectivity index (χ1n) is 7.50. The van der Waals surface area contributed by atoms with Crippen molar-refractivity contribution in [1.29, 1.82) is 0 Å². The van der Waals surface area contributed by atoms with E-state index >= 15 is 4.39 Å². The molecular weight excluding hydrogens is 370 g/mol. The summed E-state index contributed by atoms with van der Waals surface area (Å²) < 4.78 is 15.5. The number of nitrogens with one attached hydrogen (secondary N) is 1. The normalized spacial score (nSPS) is 24.8. The molecule has 2 unspecified atom stereocenters. The number of halogens is 3. The van der Waals surface area contributed by atoms with Crippen LogP contribution in [0.3, 0.4) is 0 Å². The fraction of sp³-hybridized carbons (Fsp3) is 0.294. The van der Waals surface area contributed by atoms with Gasteiger partial charge in [-0.3, -0.25) is 9.78 Å². The lowest BCUT2D eigenvalue weighted by atomic mass is 9.95. The molecule has 25 heavy (non-hydrogen) atoms. The molecule has 3 rings (SSSR count).